The average molecular weight is 249 g/mol. The van der Waals surface area contributed by atoms with Crippen molar-refractivity contribution in [3.05, 3.63) is 29.8 Å². The van der Waals surface area contributed by atoms with Crippen LogP contribution in [-0.2, 0) is 11.2 Å². The molecule has 0 atom stereocenters. The molecule has 4 heteroatoms. The number of nitrogens with one attached hydrogen (secondary N) is 1. The van der Waals surface area contributed by atoms with E-state index in [1.54, 1.807) is 0 Å². The van der Waals surface area contributed by atoms with Crippen LogP contribution in [0.25, 0.3) is 0 Å². The van der Waals surface area contributed by atoms with Crippen molar-refractivity contribution in [1.82, 2.24) is 4.90 Å². The molecule has 0 aliphatic carbocycles. The summed E-state index contributed by atoms with van der Waals surface area (Å²) in [6.07, 6.45) is 0.970. The topological polar surface area (TPSA) is 58.4 Å². The molecule has 0 unspecified atom stereocenters. The van der Waals surface area contributed by atoms with Crippen LogP contribution in [0.3, 0.4) is 0 Å². The van der Waals surface area contributed by atoms with Gasteiger partial charge in [-0.3, -0.25) is 9.69 Å². The third-order valence-electron chi connectivity index (χ3n) is 2.88. The Morgan fingerprint density at radius 3 is 2.78 bits per heavy atom. The first-order chi connectivity index (χ1) is 8.69. The smallest absolute Gasteiger partial charge is 0.238 e. The van der Waals surface area contributed by atoms with Crippen molar-refractivity contribution in [3.8, 4) is 0 Å². The van der Waals surface area contributed by atoms with Crippen molar-refractivity contribution in [2.45, 2.75) is 20.3 Å². The van der Waals surface area contributed by atoms with Crippen LogP contribution < -0.4 is 11.1 Å². The van der Waals surface area contributed by atoms with Crippen LogP contribution in [-0.4, -0.2) is 37.0 Å². The number of nitrogens with two attached hydrogens (primary N) is 1. The van der Waals surface area contributed by atoms with Crippen LogP contribution >= 0.6 is 0 Å². The van der Waals surface area contributed by atoms with Gasteiger partial charge in [0.2, 0.25) is 5.91 Å². The average Bonchev–Trinajstić information content (AvgIpc) is 2.38. The lowest BCUT2D eigenvalue weighted by Crippen LogP contribution is -2.36. The van der Waals surface area contributed by atoms with Gasteiger partial charge in [-0.1, -0.05) is 26.0 Å². The maximum absolute atomic E-state index is 11.9. The summed E-state index contributed by atoms with van der Waals surface area (Å²) < 4.78 is 0. The standard InChI is InChI=1S/C14H23N3O/c1-3-12-6-5-7-13(10-12)16-14(18)11-17(4-2)9-8-15/h5-7,10H,3-4,8-9,11,15H2,1-2H3,(H,16,18). The van der Waals surface area contributed by atoms with E-state index in [2.05, 4.69) is 18.3 Å². The van der Waals surface area contributed by atoms with E-state index in [1.165, 1.54) is 5.56 Å². The van der Waals surface area contributed by atoms with Crippen molar-refractivity contribution < 1.29 is 4.79 Å². The summed E-state index contributed by atoms with van der Waals surface area (Å²) >= 11 is 0. The quantitative estimate of drug-likeness (QED) is 0.769. The minimum absolute atomic E-state index is 0.0125. The maximum Gasteiger partial charge on any atom is 0.238 e. The Bertz CT molecular complexity index is 379. The van der Waals surface area contributed by atoms with Crippen molar-refractivity contribution in [2.24, 2.45) is 5.73 Å². The molecule has 0 heterocycles. The van der Waals surface area contributed by atoms with Crippen LogP contribution in [0, 0.1) is 0 Å². The molecule has 1 aromatic carbocycles. The van der Waals surface area contributed by atoms with E-state index in [-0.39, 0.29) is 5.91 Å². The molecule has 0 bridgehead atoms. The number of likely N-dealkylation sites (N-methyl/N-ethyl adjacent to an activating group) is 1. The van der Waals surface area contributed by atoms with Gasteiger partial charge in [-0.15, -0.1) is 0 Å². The van der Waals surface area contributed by atoms with Crippen molar-refractivity contribution >= 4 is 11.6 Å². The van der Waals surface area contributed by atoms with Gasteiger partial charge in [0.05, 0.1) is 6.54 Å². The Labute approximate surface area is 109 Å². The normalized spacial score (nSPS) is 10.7. The first-order valence-electron chi connectivity index (χ1n) is 6.50. The number of hydrogen-bond acceptors (Lipinski definition) is 3. The molecule has 4 nitrogen and oxygen atoms in total. The fourth-order valence-electron chi connectivity index (χ4n) is 1.80. The third-order valence-corrected chi connectivity index (χ3v) is 2.88. The Balaban J connectivity index is 2.52. The van der Waals surface area contributed by atoms with Crippen LogP contribution in [0.5, 0.6) is 0 Å². The van der Waals surface area contributed by atoms with Crippen LogP contribution in [0.2, 0.25) is 0 Å². The molecule has 0 radical (unpaired) electrons. The number of nitrogens with zero attached hydrogens (tertiary/aromatic N) is 1. The number of aryl methyl sites for hydroxylation is 1. The Kier molecular flexibility index (Phi) is 6.39. The molecule has 0 aromatic heterocycles. The van der Waals surface area contributed by atoms with Crippen molar-refractivity contribution in [3.63, 3.8) is 0 Å². The van der Waals surface area contributed by atoms with Crippen LogP contribution in [0.4, 0.5) is 5.69 Å². The van der Waals surface area contributed by atoms with Gasteiger partial charge in [-0.25, -0.2) is 0 Å². The van der Waals surface area contributed by atoms with Gasteiger partial charge < -0.3 is 11.1 Å². The first kappa shape index (κ1) is 14.7. The highest BCUT2D eigenvalue weighted by molar-refractivity contribution is 5.92. The second kappa shape index (κ2) is 7.84. The SMILES string of the molecule is CCc1cccc(NC(=O)CN(CC)CCN)c1. The lowest BCUT2D eigenvalue weighted by Gasteiger charge is -2.18. The predicted octanol–water partition coefficient (Wildman–Crippen LogP) is 1.47. The third kappa shape index (κ3) is 4.85. The maximum atomic E-state index is 11.9. The summed E-state index contributed by atoms with van der Waals surface area (Å²) in [7, 11) is 0. The second-order valence-electron chi connectivity index (χ2n) is 4.26. The molecule has 1 rings (SSSR count). The minimum atomic E-state index is 0.0125. The predicted molar refractivity (Wildman–Crippen MR) is 75.6 cm³/mol. The van der Waals surface area contributed by atoms with Crippen molar-refractivity contribution in [2.75, 3.05) is 31.5 Å². The molecule has 0 fully saturated rings. The van der Waals surface area contributed by atoms with E-state index in [1.807, 2.05) is 30.0 Å². The monoisotopic (exact) mass is 249 g/mol. The summed E-state index contributed by atoms with van der Waals surface area (Å²) in [5, 5.41) is 2.92. The zero-order chi connectivity index (χ0) is 13.4. The number of amides is 1. The minimum Gasteiger partial charge on any atom is -0.329 e. The molecule has 100 valence electrons. The number of carbonyl (C=O) groups excluding carboxylic acids is 1. The molecule has 18 heavy (non-hydrogen) atoms. The van der Waals surface area contributed by atoms with Gasteiger partial charge in [-0.05, 0) is 30.7 Å². The summed E-state index contributed by atoms with van der Waals surface area (Å²) in [6, 6.07) is 7.95. The Morgan fingerprint density at radius 1 is 1.39 bits per heavy atom. The summed E-state index contributed by atoms with van der Waals surface area (Å²) in [5.41, 5.74) is 7.59. The van der Waals surface area contributed by atoms with Gasteiger partial charge in [-0.2, -0.15) is 0 Å². The first-order valence-corrected chi connectivity index (χ1v) is 6.50. The molecule has 0 saturated heterocycles. The Morgan fingerprint density at radius 2 is 2.17 bits per heavy atom. The Hall–Kier alpha value is -1.39. The summed E-state index contributed by atoms with van der Waals surface area (Å²) in [5.74, 6) is 0.0125. The van der Waals surface area contributed by atoms with Gasteiger partial charge >= 0.3 is 0 Å². The molecular weight excluding hydrogens is 226 g/mol. The highest BCUT2D eigenvalue weighted by atomic mass is 16.2. The van der Waals surface area contributed by atoms with Crippen LogP contribution in [0.15, 0.2) is 24.3 Å². The summed E-state index contributed by atoms with van der Waals surface area (Å²) in [4.78, 5) is 13.9. The molecule has 1 amide bonds. The zero-order valence-corrected chi connectivity index (χ0v) is 11.3. The lowest BCUT2D eigenvalue weighted by atomic mass is 10.1. The molecule has 0 aliphatic heterocycles. The van der Waals surface area contributed by atoms with Gasteiger partial charge in [0.1, 0.15) is 0 Å². The molecule has 0 spiro atoms. The van der Waals surface area contributed by atoms with Crippen LogP contribution in [0.1, 0.15) is 19.4 Å². The van der Waals surface area contributed by atoms with E-state index >= 15 is 0 Å². The highest BCUT2D eigenvalue weighted by Gasteiger charge is 2.08. The van der Waals surface area contributed by atoms with E-state index in [0.29, 0.717) is 13.1 Å². The summed E-state index contributed by atoms with van der Waals surface area (Å²) in [6.45, 7) is 6.68. The number of carbonyl (C=O) groups is 1. The fraction of sp³-hybridized carbons (Fsp3) is 0.500. The molecule has 0 saturated carbocycles. The highest BCUT2D eigenvalue weighted by Crippen LogP contribution is 2.10. The fourth-order valence-corrected chi connectivity index (χ4v) is 1.80. The van der Waals surface area contributed by atoms with Gasteiger partial charge in [0.25, 0.3) is 0 Å². The van der Waals surface area contributed by atoms with E-state index < -0.39 is 0 Å². The molecule has 1 aromatic rings. The zero-order valence-electron chi connectivity index (χ0n) is 11.3. The lowest BCUT2D eigenvalue weighted by molar-refractivity contribution is -0.117. The van der Waals surface area contributed by atoms with Gasteiger partial charge in [0.15, 0.2) is 0 Å². The number of benzene rings is 1. The second-order valence-corrected chi connectivity index (χ2v) is 4.26. The number of anilines is 1. The van der Waals surface area contributed by atoms with Gasteiger partial charge in [0, 0.05) is 18.8 Å². The molecule has 0 aliphatic rings. The van der Waals surface area contributed by atoms with E-state index in [9.17, 15) is 4.79 Å². The number of hydrogen-bond donors (Lipinski definition) is 2. The number of rotatable bonds is 7. The van der Waals surface area contributed by atoms with Crippen molar-refractivity contribution in [1.29, 1.82) is 0 Å². The molecular formula is C14H23N3O. The largest absolute Gasteiger partial charge is 0.329 e. The molecule has 3 N–H and O–H groups in total. The van der Waals surface area contributed by atoms with E-state index in [4.69, 9.17) is 5.73 Å². The van der Waals surface area contributed by atoms with E-state index in [0.717, 1.165) is 25.2 Å².